The summed E-state index contributed by atoms with van der Waals surface area (Å²) in [5.74, 6) is 0.392. The van der Waals surface area contributed by atoms with Crippen molar-refractivity contribution in [2.45, 2.75) is 6.92 Å². The molecule has 0 aromatic heterocycles. The fraction of sp³-hybridized carbons (Fsp3) is 0.125. The first-order chi connectivity index (χ1) is 10.2. The minimum absolute atomic E-state index is 0.298. The van der Waals surface area contributed by atoms with Gasteiger partial charge in [-0.25, -0.2) is 0 Å². The fourth-order valence-corrected chi connectivity index (χ4v) is 1.90. The van der Waals surface area contributed by atoms with Crippen molar-refractivity contribution in [1.82, 2.24) is 0 Å². The van der Waals surface area contributed by atoms with Crippen LogP contribution in [0.5, 0.6) is 5.75 Å². The first-order valence-corrected chi connectivity index (χ1v) is 6.58. The number of ether oxygens (including phenoxy) is 1. The quantitative estimate of drug-likeness (QED) is 0.801. The number of benzene rings is 2. The Bertz CT molecular complexity index is 641. The van der Waals surface area contributed by atoms with E-state index in [-0.39, 0.29) is 5.91 Å². The van der Waals surface area contributed by atoms with E-state index in [2.05, 4.69) is 10.6 Å². The Morgan fingerprint density at radius 3 is 2.76 bits per heavy atom. The molecule has 0 saturated carbocycles. The van der Waals surface area contributed by atoms with E-state index in [1.807, 2.05) is 13.0 Å². The number of hydrogen-bond donors (Lipinski definition) is 2. The van der Waals surface area contributed by atoms with Gasteiger partial charge in [0.05, 0.1) is 17.9 Å². The Hall–Kier alpha value is -2.82. The highest BCUT2D eigenvalue weighted by atomic mass is 16.5. The van der Waals surface area contributed by atoms with Gasteiger partial charge in [-0.05, 0) is 31.2 Å². The summed E-state index contributed by atoms with van der Waals surface area (Å²) in [7, 11) is 0. The van der Waals surface area contributed by atoms with Gasteiger partial charge in [0.25, 0.3) is 5.91 Å². The molecule has 0 unspecified atom stereocenters. The van der Waals surface area contributed by atoms with E-state index in [0.717, 1.165) is 0 Å². The van der Waals surface area contributed by atoms with Gasteiger partial charge in [-0.3, -0.25) is 9.59 Å². The molecule has 2 rings (SSSR count). The predicted molar refractivity (Wildman–Crippen MR) is 81.7 cm³/mol. The molecule has 0 aliphatic rings. The maximum Gasteiger partial charge on any atom is 0.257 e. The van der Waals surface area contributed by atoms with Crippen LogP contribution in [0, 0.1) is 0 Å². The third-order valence-electron chi connectivity index (χ3n) is 2.79. The van der Waals surface area contributed by atoms with E-state index in [4.69, 9.17) is 4.74 Å². The van der Waals surface area contributed by atoms with Crippen LogP contribution in [0.3, 0.4) is 0 Å². The molecule has 0 heterocycles. The lowest BCUT2D eigenvalue weighted by atomic mass is 10.1. The molecule has 0 spiro atoms. The van der Waals surface area contributed by atoms with Crippen molar-refractivity contribution in [2.75, 3.05) is 17.2 Å². The Balaban J connectivity index is 2.18. The van der Waals surface area contributed by atoms with Gasteiger partial charge in [-0.2, -0.15) is 0 Å². The van der Waals surface area contributed by atoms with E-state index < -0.39 is 0 Å². The van der Waals surface area contributed by atoms with Gasteiger partial charge in [0.1, 0.15) is 5.75 Å². The fourth-order valence-electron chi connectivity index (χ4n) is 1.90. The number of rotatable bonds is 6. The zero-order chi connectivity index (χ0) is 15.1. The summed E-state index contributed by atoms with van der Waals surface area (Å²) < 4.78 is 5.39. The van der Waals surface area contributed by atoms with Crippen molar-refractivity contribution in [2.24, 2.45) is 0 Å². The number of amides is 2. The largest absolute Gasteiger partial charge is 0.494 e. The van der Waals surface area contributed by atoms with Crippen molar-refractivity contribution >= 4 is 23.7 Å². The second kappa shape index (κ2) is 7.09. The molecule has 2 aromatic rings. The molecule has 2 N–H and O–H groups in total. The third kappa shape index (κ3) is 3.82. The summed E-state index contributed by atoms with van der Waals surface area (Å²) >= 11 is 0. The molecule has 0 saturated heterocycles. The Kier molecular flexibility index (Phi) is 4.93. The van der Waals surface area contributed by atoms with Crippen LogP contribution in [0.15, 0.2) is 48.5 Å². The van der Waals surface area contributed by atoms with Crippen LogP contribution >= 0.6 is 0 Å². The molecule has 21 heavy (non-hydrogen) atoms. The van der Waals surface area contributed by atoms with Crippen molar-refractivity contribution in [3.05, 3.63) is 54.1 Å². The minimum Gasteiger partial charge on any atom is -0.494 e. The minimum atomic E-state index is -0.298. The summed E-state index contributed by atoms with van der Waals surface area (Å²) in [4.78, 5) is 22.8. The second-order valence-electron chi connectivity index (χ2n) is 4.22. The third-order valence-corrected chi connectivity index (χ3v) is 2.79. The SMILES string of the molecule is CCOc1cccc(NC(=O)c2ccccc2NC=O)c1. The highest BCUT2D eigenvalue weighted by Gasteiger charge is 2.11. The van der Waals surface area contributed by atoms with Crippen molar-refractivity contribution in [1.29, 1.82) is 0 Å². The standard InChI is InChI=1S/C16H16N2O3/c1-2-21-13-7-5-6-12(10-13)18-16(20)14-8-3-4-9-15(14)17-11-19/h3-11H,2H2,1H3,(H,17,19)(H,18,20). The van der Waals surface area contributed by atoms with Crippen LogP contribution in [0.2, 0.25) is 0 Å². The number of carbonyl (C=O) groups is 2. The first-order valence-electron chi connectivity index (χ1n) is 6.58. The summed E-state index contributed by atoms with van der Waals surface area (Å²) in [5.41, 5.74) is 1.49. The number of anilines is 2. The van der Waals surface area contributed by atoms with Crippen LogP contribution < -0.4 is 15.4 Å². The molecular weight excluding hydrogens is 268 g/mol. The predicted octanol–water partition coefficient (Wildman–Crippen LogP) is 2.91. The number of para-hydroxylation sites is 1. The summed E-state index contributed by atoms with van der Waals surface area (Å²) in [6.45, 7) is 2.45. The van der Waals surface area contributed by atoms with Gasteiger partial charge in [0.2, 0.25) is 6.41 Å². The Labute approximate surface area is 122 Å². The molecule has 0 atom stereocenters. The smallest absolute Gasteiger partial charge is 0.257 e. The summed E-state index contributed by atoms with van der Waals surface area (Å²) in [5, 5.41) is 5.29. The van der Waals surface area contributed by atoms with Crippen LogP contribution in [-0.4, -0.2) is 18.9 Å². The highest BCUT2D eigenvalue weighted by Crippen LogP contribution is 2.20. The first kappa shape index (κ1) is 14.6. The number of carbonyl (C=O) groups excluding carboxylic acids is 2. The van der Waals surface area contributed by atoms with Gasteiger partial charge >= 0.3 is 0 Å². The lowest BCUT2D eigenvalue weighted by molar-refractivity contribution is -0.105. The van der Waals surface area contributed by atoms with E-state index in [0.29, 0.717) is 35.7 Å². The zero-order valence-corrected chi connectivity index (χ0v) is 11.6. The molecule has 0 aliphatic heterocycles. The average molecular weight is 284 g/mol. The number of hydrogen-bond acceptors (Lipinski definition) is 3. The molecule has 0 fully saturated rings. The normalized spacial score (nSPS) is 9.76. The summed E-state index contributed by atoms with van der Waals surface area (Å²) in [6, 6.07) is 13.9. The van der Waals surface area contributed by atoms with Crippen molar-refractivity contribution < 1.29 is 14.3 Å². The lowest BCUT2D eigenvalue weighted by Gasteiger charge is -2.10. The molecule has 0 radical (unpaired) electrons. The number of nitrogens with one attached hydrogen (secondary N) is 2. The van der Waals surface area contributed by atoms with Crippen LogP contribution in [0.1, 0.15) is 17.3 Å². The molecule has 2 aromatic carbocycles. The molecule has 0 bridgehead atoms. The van der Waals surface area contributed by atoms with Gasteiger partial charge in [0, 0.05) is 11.8 Å². The maximum atomic E-state index is 12.3. The molecule has 2 amide bonds. The second-order valence-corrected chi connectivity index (χ2v) is 4.22. The van der Waals surface area contributed by atoms with E-state index in [1.165, 1.54) is 0 Å². The molecule has 0 aliphatic carbocycles. The van der Waals surface area contributed by atoms with Crippen molar-refractivity contribution in [3.8, 4) is 5.75 Å². The van der Waals surface area contributed by atoms with Crippen LogP contribution in [0.25, 0.3) is 0 Å². The van der Waals surface area contributed by atoms with Crippen molar-refractivity contribution in [3.63, 3.8) is 0 Å². The van der Waals surface area contributed by atoms with E-state index in [1.54, 1.807) is 42.5 Å². The van der Waals surface area contributed by atoms with Gasteiger partial charge in [-0.15, -0.1) is 0 Å². The zero-order valence-electron chi connectivity index (χ0n) is 11.6. The molecule has 108 valence electrons. The monoisotopic (exact) mass is 284 g/mol. The van der Waals surface area contributed by atoms with E-state index >= 15 is 0 Å². The van der Waals surface area contributed by atoms with Crippen LogP contribution in [0.4, 0.5) is 11.4 Å². The lowest BCUT2D eigenvalue weighted by Crippen LogP contribution is -2.14. The average Bonchev–Trinajstić information content (AvgIpc) is 2.49. The Morgan fingerprint density at radius 1 is 1.19 bits per heavy atom. The summed E-state index contributed by atoms with van der Waals surface area (Å²) in [6.07, 6.45) is 0.543. The topological polar surface area (TPSA) is 67.4 Å². The van der Waals surface area contributed by atoms with E-state index in [9.17, 15) is 9.59 Å². The van der Waals surface area contributed by atoms with Gasteiger partial charge in [0.15, 0.2) is 0 Å². The molecule has 5 nitrogen and oxygen atoms in total. The highest BCUT2D eigenvalue weighted by molar-refractivity contribution is 6.09. The van der Waals surface area contributed by atoms with Crippen LogP contribution in [-0.2, 0) is 4.79 Å². The Morgan fingerprint density at radius 2 is 2.00 bits per heavy atom. The molecular formula is C16H16N2O3. The van der Waals surface area contributed by atoms with Gasteiger partial charge in [-0.1, -0.05) is 18.2 Å². The maximum absolute atomic E-state index is 12.3. The van der Waals surface area contributed by atoms with Gasteiger partial charge < -0.3 is 15.4 Å². The molecule has 5 heteroatoms.